The lowest BCUT2D eigenvalue weighted by Gasteiger charge is -2.28. The molecule has 9 nitrogen and oxygen atoms in total. The van der Waals surface area contributed by atoms with Crippen molar-refractivity contribution in [2.24, 2.45) is 0 Å². The molecule has 1 N–H and O–H groups in total. The van der Waals surface area contributed by atoms with E-state index in [0.717, 1.165) is 47.0 Å². The van der Waals surface area contributed by atoms with E-state index >= 15 is 0 Å². The van der Waals surface area contributed by atoms with Crippen molar-refractivity contribution < 1.29 is 24.0 Å². The smallest absolute Gasteiger partial charge is 0.327 e. The van der Waals surface area contributed by atoms with Gasteiger partial charge in [-0.3, -0.25) is 19.3 Å². The van der Waals surface area contributed by atoms with Gasteiger partial charge in [-0.2, -0.15) is 0 Å². The van der Waals surface area contributed by atoms with Crippen LogP contribution in [0.2, 0.25) is 0 Å². The van der Waals surface area contributed by atoms with Gasteiger partial charge in [-0.15, -0.1) is 0 Å². The van der Waals surface area contributed by atoms with E-state index in [4.69, 9.17) is 9.57 Å². The Bertz CT molecular complexity index is 1290. The van der Waals surface area contributed by atoms with Crippen molar-refractivity contribution in [2.75, 3.05) is 27.2 Å². The predicted molar refractivity (Wildman–Crippen MR) is 138 cm³/mol. The number of hydrogen-bond donors (Lipinski definition) is 1. The summed E-state index contributed by atoms with van der Waals surface area (Å²) >= 11 is 0. The van der Waals surface area contributed by atoms with E-state index < -0.39 is 6.04 Å². The monoisotopic (exact) mass is 504 g/mol. The van der Waals surface area contributed by atoms with Gasteiger partial charge in [-0.05, 0) is 24.5 Å². The highest BCUT2D eigenvalue weighted by Crippen LogP contribution is 2.42. The number of carbonyl (C=O) groups excluding carboxylic acids is 3. The van der Waals surface area contributed by atoms with Gasteiger partial charge in [0.25, 0.3) is 5.91 Å². The maximum atomic E-state index is 12.8. The SMILES string of the molecule is CN1C(=O)C2c3c(n(Cc4ccc(C=O)cc4)c4ccccc34)CCN2C1=O.CNOC1CCCCO1. The minimum atomic E-state index is -0.537. The van der Waals surface area contributed by atoms with E-state index in [1.165, 1.54) is 17.7 Å². The molecule has 2 unspecified atom stereocenters. The molecule has 2 atom stereocenters. The average Bonchev–Trinajstić information content (AvgIpc) is 3.37. The number of aromatic nitrogens is 1. The third kappa shape index (κ3) is 4.77. The van der Waals surface area contributed by atoms with E-state index in [9.17, 15) is 14.4 Å². The zero-order valence-corrected chi connectivity index (χ0v) is 21.2. The first-order valence-corrected chi connectivity index (χ1v) is 12.7. The Morgan fingerprint density at radius 1 is 1.11 bits per heavy atom. The lowest BCUT2D eigenvalue weighted by molar-refractivity contribution is -0.191. The van der Waals surface area contributed by atoms with Crippen LogP contribution in [0.4, 0.5) is 4.79 Å². The van der Waals surface area contributed by atoms with Crippen molar-refractivity contribution in [2.45, 2.75) is 44.6 Å². The minimum Gasteiger partial charge on any atom is -0.351 e. The maximum absolute atomic E-state index is 12.8. The molecule has 4 heterocycles. The van der Waals surface area contributed by atoms with Crippen LogP contribution >= 0.6 is 0 Å². The van der Waals surface area contributed by atoms with E-state index in [1.54, 1.807) is 19.0 Å². The molecule has 0 spiro atoms. The lowest BCUT2D eigenvalue weighted by Crippen LogP contribution is -2.36. The predicted octanol–water partition coefficient (Wildman–Crippen LogP) is 3.66. The fourth-order valence-electron chi connectivity index (χ4n) is 5.40. The number of hydroxylamine groups is 1. The summed E-state index contributed by atoms with van der Waals surface area (Å²) in [5.41, 5.74) is 7.47. The van der Waals surface area contributed by atoms with Crippen molar-refractivity contribution in [1.29, 1.82) is 0 Å². The van der Waals surface area contributed by atoms with Gasteiger partial charge in [0.15, 0.2) is 6.29 Å². The molecule has 2 fully saturated rings. The van der Waals surface area contributed by atoms with Gasteiger partial charge in [0.2, 0.25) is 0 Å². The van der Waals surface area contributed by atoms with Gasteiger partial charge in [0.05, 0.1) is 0 Å². The number of para-hydroxylation sites is 1. The van der Waals surface area contributed by atoms with E-state index in [1.807, 2.05) is 42.5 Å². The number of aldehydes is 1. The van der Waals surface area contributed by atoms with E-state index in [2.05, 4.69) is 16.1 Å². The van der Waals surface area contributed by atoms with Gasteiger partial charge in [-0.25, -0.2) is 10.3 Å². The van der Waals surface area contributed by atoms with E-state index in [0.29, 0.717) is 25.1 Å². The van der Waals surface area contributed by atoms with Crippen LogP contribution in [0.25, 0.3) is 10.9 Å². The number of urea groups is 1. The third-order valence-electron chi connectivity index (χ3n) is 7.24. The van der Waals surface area contributed by atoms with Crippen LogP contribution in [-0.4, -0.2) is 66.1 Å². The summed E-state index contributed by atoms with van der Waals surface area (Å²) in [6, 6.07) is 14.8. The second kappa shape index (κ2) is 10.8. The summed E-state index contributed by atoms with van der Waals surface area (Å²) < 4.78 is 7.48. The minimum absolute atomic E-state index is 0.0104. The van der Waals surface area contributed by atoms with Crippen LogP contribution in [0.1, 0.15) is 52.5 Å². The molecular weight excluding hydrogens is 472 g/mol. The van der Waals surface area contributed by atoms with Crippen LogP contribution in [0.15, 0.2) is 48.5 Å². The molecule has 0 saturated carbocycles. The van der Waals surface area contributed by atoms with E-state index in [-0.39, 0.29) is 18.2 Å². The van der Waals surface area contributed by atoms with Crippen LogP contribution in [0.3, 0.4) is 0 Å². The molecule has 1 aromatic heterocycles. The van der Waals surface area contributed by atoms with Crippen LogP contribution in [-0.2, 0) is 27.3 Å². The molecule has 0 aliphatic carbocycles. The third-order valence-corrected chi connectivity index (χ3v) is 7.24. The van der Waals surface area contributed by atoms with Crippen LogP contribution in [0, 0.1) is 0 Å². The molecule has 3 aromatic rings. The summed E-state index contributed by atoms with van der Waals surface area (Å²) in [5.74, 6) is -0.163. The Balaban J connectivity index is 0.000000265. The highest BCUT2D eigenvalue weighted by molar-refractivity contribution is 6.07. The number of carbonyl (C=O) groups is 3. The highest BCUT2D eigenvalue weighted by atomic mass is 16.8. The number of hydrogen-bond acceptors (Lipinski definition) is 6. The Labute approximate surface area is 215 Å². The Kier molecular flexibility index (Phi) is 7.36. The summed E-state index contributed by atoms with van der Waals surface area (Å²) in [6.07, 6.45) is 4.94. The summed E-state index contributed by atoms with van der Waals surface area (Å²) in [5, 5.41) is 1.02. The second-order valence-electron chi connectivity index (χ2n) is 9.47. The first-order valence-electron chi connectivity index (χ1n) is 12.7. The van der Waals surface area contributed by atoms with Crippen molar-refractivity contribution in [3.63, 3.8) is 0 Å². The van der Waals surface area contributed by atoms with Gasteiger partial charge in [-0.1, -0.05) is 42.5 Å². The Morgan fingerprint density at radius 3 is 2.59 bits per heavy atom. The quantitative estimate of drug-likeness (QED) is 0.324. The topological polar surface area (TPSA) is 93.1 Å². The summed E-state index contributed by atoms with van der Waals surface area (Å²) in [6.45, 7) is 2.03. The van der Waals surface area contributed by atoms with Gasteiger partial charge in [0.1, 0.15) is 12.3 Å². The number of rotatable bonds is 5. The number of amides is 3. The number of fused-ring (bicyclic) bond motifs is 5. The molecule has 0 radical (unpaired) electrons. The van der Waals surface area contributed by atoms with Crippen LogP contribution < -0.4 is 5.48 Å². The molecule has 3 aliphatic heterocycles. The fraction of sp³-hybridized carbons (Fsp3) is 0.393. The average molecular weight is 505 g/mol. The van der Waals surface area contributed by atoms with Crippen molar-refractivity contribution in [3.05, 3.63) is 70.9 Å². The first kappa shape index (κ1) is 25.1. The van der Waals surface area contributed by atoms with Gasteiger partial charge in [0, 0.05) is 74.4 Å². The summed E-state index contributed by atoms with van der Waals surface area (Å²) in [4.78, 5) is 44.1. The number of likely N-dealkylation sites (N-methyl/N-ethyl adjacent to an activating group) is 1. The number of imide groups is 1. The zero-order chi connectivity index (χ0) is 25.9. The Hall–Kier alpha value is -3.53. The maximum Gasteiger partial charge on any atom is 0.327 e. The highest BCUT2D eigenvalue weighted by Gasteiger charge is 2.48. The molecule has 3 amide bonds. The number of nitrogens with zero attached hydrogens (tertiary/aromatic N) is 3. The van der Waals surface area contributed by atoms with Crippen molar-refractivity contribution in [3.8, 4) is 0 Å². The molecule has 2 saturated heterocycles. The molecular formula is C28H32N4O5. The largest absolute Gasteiger partial charge is 0.351 e. The molecule has 2 aromatic carbocycles. The van der Waals surface area contributed by atoms with Crippen molar-refractivity contribution >= 4 is 29.1 Å². The Morgan fingerprint density at radius 2 is 1.89 bits per heavy atom. The molecule has 9 heteroatoms. The van der Waals surface area contributed by atoms with Gasteiger partial charge >= 0.3 is 6.03 Å². The van der Waals surface area contributed by atoms with Crippen molar-refractivity contribution in [1.82, 2.24) is 19.8 Å². The molecule has 6 rings (SSSR count). The molecule has 3 aliphatic rings. The van der Waals surface area contributed by atoms with Crippen LogP contribution in [0.5, 0.6) is 0 Å². The molecule has 37 heavy (non-hydrogen) atoms. The second-order valence-corrected chi connectivity index (χ2v) is 9.47. The summed E-state index contributed by atoms with van der Waals surface area (Å²) in [7, 11) is 3.30. The number of nitrogens with one attached hydrogen (secondary N) is 1. The number of benzene rings is 2. The molecule has 194 valence electrons. The standard InChI is InChI=1S/C22H19N3O3.C6H13NO2/c1-23-21(27)20-19-16-4-2-3-5-17(16)25(18(19)10-11-24(20)22(23)28)12-14-6-8-15(13-26)9-7-14;1-7-9-6-4-2-3-5-8-6/h2-9,13,20H,10-12H2,1H3;6-7H,2-5H2,1H3. The lowest BCUT2D eigenvalue weighted by atomic mass is 9.96. The first-order chi connectivity index (χ1) is 18.0. The van der Waals surface area contributed by atoms with Gasteiger partial charge < -0.3 is 14.2 Å². The number of ether oxygens (including phenoxy) is 1. The fourth-order valence-corrected chi connectivity index (χ4v) is 5.40. The molecule has 0 bridgehead atoms. The zero-order valence-electron chi connectivity index (χ0n) is 21.2. The normalized spacial score (nSPS) is 20.9.